The molecule has 8 heteroatoms. The molecule has 218 valence electrons. The van der Waals surface area contributed by atoms with Gasteiger partial charge in [0.05, 0.1) is 22.1 Å². The lowest BCUT2D eigenvalue weighted by Gasteiger charge is -2.01. The lowest BCUT2D eigenvalue weighted by molar-refractivity contribution is 0.611. The van der Waals surface area contributed by atoms with E-state index in [-0.39, 0.29) is 37.2 Å². The second-order valence-corrected chi connectivity index (χ2v) is 9.14. The second-order valence-electron chi connectivity index (χ2n) is 9.14. The number of unbranched alkanes of at least 4 members (excludes halogenated alkanes) is 1. The highest BCUT2D eigenvalue weighted by molar-refractivity contribution is 5.93. The van der Waals surface area contributed by atoms with Gasteiger partial charge in [-0.2, -0.15) is 0 Å². The Bertz CT molecular complexity index is 1250. The first kappa shape index (κ1) is 36.0. The molecule has 0 amide bonds. The molecule has 0 fully saturated rings. The summed E-state index contributed by atoms with van der Waals surface area (Å²) in [5.74, 6) is 0. The van der Waals surface area contributed by atoms with Crippen LogP contribution in [0, 0.1) is 0 Å². The maximum atomic E-state index is 5.32. The van der Waals surface area contributed by atoms with Gasteiger partial charge in [-0.05, 0) is 81.8 Å². The van der Waals surface area contributed by atoms with Gasteiger partial charge >= 0.3 is 0 Å². The van der Waals surface area contributed by atoms with Crippen LogP contribution in [0.4, 0.5) is 0 Å². The number of hydrogen-bond donors (Lipinski definition) is 3. The van der Waals surface area contributed by atoms with Gasteiger partial charge in [-0.3, -0.25) is 0 Å². The van der Waals surface area contributed by atoms with Gasteiger partial charge in [-0.25, -0.2) is 9.97 Å². The largest absolute Gasteiger partial charge is 0.330 e. The van der Waals surface area contributed by atoms with Crippen molar-refractivity contribution in [2.24, 2.45) is 11.5 Å². The van der Waals surface area contributed by atoms with Crippen LogP contribution in [-0.4, -0.2) is 36.1 Å². The first-order valence-electron chi connectivity index (χ1n) is 13.4. The average Bonchev–Trinajstić information content (AvgIpc) is 2.97. The molecule has 0 atom stereocenters. The Morgan fingerprint density at radius 1 is 0.439 bits per heavy atom. The monoisotopic (exact) mass is 611 g/mol. The molecule has 5 nitrogen and oxygen atoms in total. The van der Waals surface area contributed by atoms with Crippen LogP contribution in [0.25, 0.3) is 43.6 Å². The summed E-state index contributed by atoms with van der Waals surface area (Å²) in [5.41, 5.74) is 14.9. The molecule has 0 aliphatic heterocycles. The van der Waals surface area contributed by atoms with E-state index in [2.05, 4.69) is 51.7 Å². The quantitative estimate of drug-likeness (QED) is 0.127. The number of benzene rings is 4. The molecule has 41 heavy (non-hydrogen) atoms. The van der Waals surface area contributed by atoms with E-state index in [1.54, 1.807) is 0 Å². The van der Waals surface area contributed by atoms with Crippen LogP contribution in [0.2, 0.25) is 0 Å². The van der Waals surface area contributed by atoms with Gasteiger partial charge in [0.15, 0.2) is 0 Å². The highest BCUT2D eigenvalue weighted by Gasteiger charge is 1.98. The van der Waals surface area contributed by atoms with Crippen LogP contribution in [0.1, 0.15) is 19.3 Å². The topological polar surface area (TPSA) is 89.8 Å². The molecule has 0 saturated heterocycles. The van der Waals surface area contributed by atoms with E-state index < -0.39 is 0 Å². The Morgan fingerprint density at radius 3 is 1.10 bits per heavy atom. The Kier molecular flexibility index (Phi) is 17.5. The predicted molar refractivity (Wildman–Crippen MR) is 185 cm³/mol. The number of aromatic nitrogens is 2. The summed E-state index contributed by atoms with van der Waals surface area (Å²) < 4.78 is 0. The summed E-state index contributed by atoms with van der Waals surface area (Å²) in [7, 11) is 0. The Hall–Kier alpha value is -3.03. The minimum absolute atomic E-state index is 0. The summed E-state index contributed by atoms with van der Waals surface area (Å²) >= 11 is 0. The molecular formula is C33H40Cl3N5. The molecule has 2 aromatic heterocycles. The number of hydrogen-bond acceptors (Lipinski definition) is 5. The normalized spacial score (nSPS) is 9.90. The third-order valence-corrected chi connectivity index (χ3v) is 6.22. The van der Waals surface area contributed by atoms with Crippen LogP contribution >= 0.6 is 37.2 Å². The molecule has 0 saturated carbocycles. The van der Waals surface area contributed by atoms with Crippen molar-refractivity contribution in [3.8, 4) is 0 Å². The molecule has 6 aromatic rings. The van der Waals surface area contributed by atoms with Gasteiger partial charge in [-0.15, -0.1) is 37.2 Å². The first-order valence-corrected chi connectivity index (χ1v) is 13.4. The number of nitrogens with zero attached hydrogens (tertiary/aromatic N) is 2. The van der Waals surface area contributed by atoms with E-state index in [0.29, 0.717) is 0 Å². The third kappa shape index (κ3) is 11.0. The molecule has 2 heterocycles. The molecule has 0 bridgehead atoms. The molecule has 5 N–H and O–H groups in total. The van der Waals surface area contributed by atoms with E-state index in [9.17, 15) is 0 Å². The van der Waals surface area contributed by atoms with Crippen molar-refractivity contribution >= 4 is 80.8 Å². The zero-order chi connectivity index (χ0) is 26.4. The summed E-state index contributed by atoms with van der Waals surface area (Å²) in [4.78, 5) is 9.16. The zero-order valence-corrected chi connectivity index (χ0v) is 25.6. The van der Waals surface area contributed by atoms with Crippen molar-refractivity contribution in [3.63, 3.8) is 0 Å². The highest BCUT2D eigenvalue weighted by Crippen LogP contribution is 2.19. The van der Waals surface area contributed by atoms with E-state index in [1.165, 1.54) is 28.0 Å². The number of nitrogens with one attached hydrogen (secondary N) is 1. The minimum atomic E-state index is 0. The standard InChI is InChI=1S/2C13H9N.C7H19N3.3ClH/c2*1-3-7-12-10(5-1)9-11-6-2-4-8-13(11)14-12;8-4-1-2-6-10-7-3-5-9;;;/h2*1-9H;10H,1-9H2;3*1H. The summed E-state index contributed by atoms with van der Waals surface area (Å²) in [5, 5.41) is 8.09. The van der Waals surface area contributed by atoms with Crippen molar-refractivity contribution in [1.82, 2.24) is 15.3 Å². The number of nitrogens with two attached hydrogens (primary N) is 2. The van der Waals surface area contributed by atoms with Gasteiger partial charge in [0, 0.05) is 21.5 Å². The smallest absolute Gasteiger partial charge is 0.0709 e. The molecule has 0 aliphatic carbocycles. The molecule has 0 aliphatic rings. The lowest BCUT2D eigenvalue weighted by Crippen LogP contribution is -2.19. The Morgan fingerprint density at radius 2 is 0.756 bits per heavy atom. The fraction of sp³-hybridized carbons (Fsp3) is 0.212. The first-order chi connectivity index (χ1) is 18.8. The number of rotatable bonds is 7. The zero-order valence-electron chi connectivity index (χ0n) is 23.1. The van der Waals surface area contributed by atoms with E-state index in [0.717, 1.165) is 61.1 Å². The number of halogens is 3. The van der Waals surface area contributed by atoms with Crippen LogP contribution < -0.4 is 16.8 Å². The van der Waals surface area contributed by atoms with Crippen molar-refractivity contribution in [2.75, 3.05) is 26.2 Å². The highest BCUT2D eigenvalue weighted by atomic mass is 35.5. The van der Waals surface area contributed by atoms with E-state index in [4.69, 9.17) is 11.5 Å². The van der Waals surface area contributed by atoms with Crippen molar-refractivity contribution < 1.29 is 0 Å². The minimum Gasteiger partial charge on any atom is -0.330 e. The fourth-order valence-corrected chi connectivity index (χ4v) is 4.19. The van der Waals surface area contributed by atoms with Gasteiger partial charge < -0.3 is 16.8 Å². The lowest BCUT2D eigenvalue weighted by atomic mass is 10.1. The van der Waals surface area contributed by atoms with Crippen LogP contribution in [0.5, 0.6) is 0 Å². The summed E-state index contributed by atoms with van der Waals surface area (Å²) in [6, 6.07) is 37.1. The molecule has 6 rings (SSSR count). The third-order valence-electron chi connectivity index (χ3n) is 6.22. The van der Waals surface area contributed by atoms with E-state index >= 15 is 0 Å². The maximum absolute atomic E-state index is 5.32. The Balaban J connectivity index is 0.000000302. The average molecular weight is 613 g/mol. The molecule has 4 aromatic carbocycles. The van der Waals surface area contributed by atoms with Crippen molar-refractivity contribution in [1.29, 1.82) is 0 Å². The van der Waals surface area contributed by atoms with Crippen LogP contribution in [0.15, 0.2) is 109 Å². The molecule has 0 unspecified atom stereocenters. The summed E-state index contributed by atoms with van der Waals surface area (Å²) in [6.07, 6.45) is 3.37. The molecule has 0 radical (unpaired) electrons. The SMILES string of the molecule is Cl.Cl.Cl.NCCCCNCCCN.c1ccc2nc3ccccc3cc2c1.c1ccc2nc3ccccc3cc2c1. The second kappa shape index (κ2) is 19.9. The maximum Gasteiger partial charge on any atom is 0.0709 e. The number of para-hydroxylation sites is 4. The van der Waals surface area contributed by atoms with Gasteiger partial charge in [0.2, 0.25) is 0 Å². The van der Waals surface area contributed by atoms with E-state index in [1.807, 2.05) is 72.8 Å². The van der Waals surface area contributed by atoms with Crippen LogP contribution in [-0.2, 0) is 0 Å². The molecule has 0 spiro atoms. The van der Waals surface area contributed by atoms with Crippen molar-refractivity contribution in [3.05, 3.63) is 109 Å². The predicted octanol–water partition coefficient (Wildman–Crippen LogP) is 7.71. The van der Waals surface area contributed by atoms with Gasteiger partial charge in [0.1, 0.15) is 0 Å². The molecular weight excluding hydrogens is 573 g/mol. The summed E-state index contributed by atoms with van der Waals surface area (Å²) in [6.45, 7) is 3.71. The number of fused-ring (bicyclic) bond motifs is 4. The Labute approximate surface area is 261 Å². The fourth-order valence-electron chi connectivity index (χ4n) is 4.19. The van der Waals surface area contributed by atoms with Crippen molar-refractivity contribution in [2.45, 2.75) is 19.3 Å². The van der Waals surface area contributed by atoms with Gasteiger partial charge in [-0.1, -0.05) is 72.8 Å². The van der Waals surface area contributed by atoms with Crippen LogP contribution in [0.3, 0.4) is 0 Å². The van der Waals surface area contributed by atoms with Gasteiger partial charge in [0.25, 0.3) is 0 Å². The number of pyridine rings is 2.